The Morgan fingerprint density at radius 1 is 1.60 bits per heavy atom. The maximum absolute atomic E-state index is 5.83. The summed E-state index contributed by atoms with van der Waals surface area (Å²) in [5.41, 5.74) is 0.877. The van der Waals surface area contributed by atoms with E-state index in [9.17, 15) is 0 Å². The van der Waals surface area contributed by atoms with Gasteiger partial charge in [-0.1, -0.05) is 30.1 Å². The first-order valence-corrected chi connectivity index (χ1v) is 3.74. The van der Waals surface area contributed by atoms with Gasteiger partial charge >= 0.3 is 0 Å². The van der Waals surface area contributed by atoms with Crippen LogP contribution in [0.3, 0.4) is 0 Å². The molecule has 3 heteroatoms. The SMILES string of the molecule is CCCc1noc(C)c1Cl. The van der Waals surface area contributed by atoms with Crippen molar-refractivity contribution in [2.24, 2.45) is 0 Å². The number of hydrogen-bond donors (Lipinski definition) is 0. The molecule has 0 saturated heterocycles. The first-order valence-electron chi connectivity index (χ1n) is 3.36. The highest BCUT2D eigenvalue weighted by atomic mass is 35.5. The molecular weight excluding hydrogens is 150 g/mol. The van der Waals surface area contributed by atoms with Crippen LogP contribution in [0.25, 0.3) is 0 Å². The van der Waals surface area contributed by atoms with Crippen molar-refractivity contribution in [2.75, 3.05) is 0 Å². The predicted octanol–water partition coefficient (Wildman–Crippen LogP) is 2.59. The van der Waals surface area contributed by atoms with Crippen molar-refractivity contribution in [3.05, 3.63) is 16.5 Å². The van der Waals surface area contributed by atoms with E-state index < -0.39 is 0 Å². The summed E-state index contributed by atoms with van der Waals surface area (Å²) >= 11 is 5.83. The third-order valence-corrected chi connectivity index (χ3v) is 1.83. The van der Waals surface area contributed by atoms with Gasteiger partial charge in [0.2, 0.25) is 0 Å². The van der Waals surface area contributed by atoms with Gasteiger partial charge in [-0.2, -0.15) is 0 Å². The molecule has 0 fully saturated rings. The zero-order valence-electron chi connectivity index (χ0n) is 6.15. The molecule has 0 aromatic carbocycles. The summed E-state index contributed by atoms with van der Waals surface area (Å²) in [4.78, 5) is 0. The fourth-order valence-electron chi connectivity index (χ4n) is 0.799. The zero-order chi connectivity index (χ0) is 7.56. The highest BCUT2D eigenvalue weighted by Crippen LogP contribution is 2.20. The molecule has 0 N–H and O–H groups in total. The minimum atomic E-state index is 0.682. The van der Waals surface area contributed by atoms with Crippen LogP contribution in [-0.2, 0) is 6.42 Å². The molecule has 0 amide bonds. The fraction of sp³-hybridized carbons (Fsp3) is 0.571. The van der Waals surface area contributed by atoms with E-state index in [1.165, 1.54) is 0 Å². The van der Waals surface area contributed by atoms with E-state index in [0.717, 1.165) is 18.5 Å². The van der Waals surface area contributed by atoms with Crippen LogP contribution in [-0.4, -0.2) is 5.16 Å². The largest absolute Gasteiger partial charge is 0.360 e. The Morgan fingerprint density at radius 2 is 2.30 bits per heavy atom. The van der Waals surface area contributed by atoms with Gasteiger partial charge in [0.1, 0.15) is 10.7 Å². The third-order valence-electron chi connectivity index (χ3n) is 1.34. The van der Waals surface area contributed by atoms with Gasteiger partial charge in [-0.05, 0) is 13.3 Å². The lowest BCUT2D eigenvalue weighted by atomic mass is 10.2. The second-order valence-corrected chi connectivity index (χ2v) is 2.63. The highest BCUT2D eigenvalue weighted by molar-refractivity contribution is 6.31. The summed E-state index contributed by atoms with van der Waals surface area (Å²) in [6, 6.07) is 0. The molecule has 1 aromatic rings. The van der Waals surface area contributed by atoms with Crippen molar-refractivity contribution in [1.82, 2.24) is 5.16 Å². The number of aromatic nitrogens is 1. The van der Waals surface area contributed by atoms with Gasteiger partial charge in [0.15, 0.2) is 5.76 Å². The van der Waals surface area contributed by atoms with Gasteiger partial charge < -0.3 is 4.52 Å². The van der Waals surface area contributed by atoms with E-state index in [1.807, 2.05) is 6.92 Å². The number of aryl methyl sites for hydroxylation is 2. The van der Waals surface area contributed by atoms with E-state index >= 15 is 0 Å². The lowest BCUT2D eigenvalue weighted by Gasteiger charge is -1.87. The third kappa shape index (κ3) is 1.32. The van der Waals surface area contributed by atoms with Crippen LogP contribution < -0.4 is 0 Å². The zero-order valence-corrected chi connectivity index (χ0v) is 6.90. The molecule has 0 saturated carbocycles. The van der Waals surface area contributed by atoms with Crippen LogP contribution in [0.5, 0.6) is 0 Å². The second-order valence-electron chi connectivity index (χ2n) is 2.25. The van der Waals surface area contributed by atoms with E-state index in [-0.39, 0.29) is 0 Å². The van der Waals surface area contributed by atoms with Crippen LogP contribution in [0.2, 0.25) is 5.02 Å². The monoisotopic (exact) mass is 159 g/mol. The molecule has 1 heterocycles. The minimum Gasteiger partial charge on any atom is -0.360 e. The van der Waals surface area contributed by atoms with Gasteiger partial charge in [-0.3, -0.25) is 0 Å². The average Bonchev–Trinajstić information content (AvgIpc) is 2.20. The minimum absolute atomic E-state index is 0.682. The predicted molar refractivity (Wildman–Crippen MR) is 40.2 cm³/mol. The lowest BCUT2D eigenvalue weighted by molar-refractivity contribution is 0.390. The molecule has 0 aliphatic carbocycles. The summed E-state index contributed by atoms with van der Waals surface area (Å²) in [5.74, 6) is 0.713. The van der Waals surface area contributed by atoms with Crippen LogP contribution in [0.4, 0.5) is 0 Å². The Morgan fingerprint density at radius 3 is 2.70 bits per heavy atom. The summed E-state index contributed by atoms with van der Waals surface area (Å²) in [5, 5.41) is 4.48. The molecule has 1 rings (SSSR count). The fourth-order valence-corrected chi connectivity index (χ4v) is 0.963. The number of hydrogen-bond acceptors (Lipinski definition) is 2. The van der Waals surface area contributed by atoms with Crippen molar-refractivity contribution >= 4 is 11.6 Å². The standard InChI is InChI=1S/C7H10ClNO/c1-3-4-6-7(8)5(2)10-9-6/h3-4H2,1-2H3. The average molecular weight is 160 g/mol. The lowest BCUT2D eigenvalue weighted by Crippen LogP contribution is -1.82. The van der Waals surface area contributed by atoms with Gasteiger partial charge in [-0.25, -0.2) is 0 Å². The van der Waals surface area contributed by atoms with E-state index in [2.05, 4.69) is 12.1 Å². The van der Waals surface area contributed by atoms with Crippen LogP contribution in [0, 0.1) is 6.92 Å². The van der Waals surface area contributed by atoms with Crippen LogP contribution >= 0.6 is 11.6 Å². The van der Waals surface area contributed by atoms with E-state index in [4.69, 9.17) is 16.1 Å². The molecule has 0 radical (unpaired) electrons. The summed E-state index contributed by atoms with van der Waals surface area (Å²) in [6.45, 7) is 3.90. The Hall–Kier alpha value is -0.500. The number of rotatable bonds is 2. The maximum Gasteiger partial charge on any atom is 0.152 e. The molecule has 0 aliphatic rings. The highest BCUT2D eigenvalue weighted by Gasteiger charge is 2.07. The topological polar surface area (TPSA) is 26.0 Å². The van der Waals surface area contributed by atoms with Gasteiger partial charge in [0, 0.05) is 0 Å². The molecule has 10 heavy (non-hydrogen) atoms. The van der Waals surface area contributed by atoms with Crippen LogP contribution in [0.15, 0.2) is 4.52 Å². The number of nitrogens with zero attached hydrogens (tertiary/aromatic N) is 1. The maximum atomic E-state index is 5.83. The normalized spacial score (nSPS) is 10.3. The molecule has 0 atom stereocenters. The van der Waals surface area contributed by atoms with Gasteiger partial charge in [-0.15, -0.1) is 0 Å². The summed E-state index contributed by atoms with van der Waals surface area (Å²) in [6.07, 6.45) is 1.95. The molecule has 1 aromatic heterocycles. The Balaban J connectivity index is 2.83. The molecule has 56 valence electrons. The van der Waals surface area contributed by atoms with E-state index in [1.54, 1.807) is 0 Å². The molecular formula is C7H10ClNO. The molecule has 0 bridgehead atoms. The van der Waals surface area contributed by atoms with Crippen molar-refractivity contribution < 1.29 is 4.52 Å². The summed E-state index contributed by atoms with van der Waals surface area (Å²) in [7, 11) is 0. The second kappa shape index (κ2) is 3.06. The van der Waals surface area contributed by atoms with Gasteiger partial charge in [0.25, 0.3) is 0 Å². The molecule has 0 spiro atoms. The first kappa shape index (κ1) is 7.61. The quantitative estimate of drug-likeness (QED) is 0.663. The Kier molecular flexibility index (Phi) is 2.33. The van der Waals surface area contributed by atoms with E-state index in [0.29, 0.717) is 10.8 Å². The van der Waals surface area contributed by atoms with Gasteiger partial charge in [0.05, 0.1) is 0 Å². The van der Waals surface area contributed by atoms with Crippen molar-refractivity contribution in [3.63, 3.8) is 0 Å². The Labute approximate surface area is 65.2 Å². The first-order chi connectivity index (χ1) is 4.75. The van der Waals surface area contributed by atoms with Crippen molar-refractivity contribution in [3.8, 4) is 0 Å². The summed E-state index contributed by atoms with van der Waals surface area (Å²) < 4.78 is 4.87. The van der Waals surface area contributed by atoms with Crippen LogP contribution in [0.1, 0.15) is 24.8 Å². The smallest absolute Gasteiger partial charge is 0.152 e. The molecule has 2 nitrogen and oxygen atoms in total. The molecule has 0 unspecified atom stereocenters. The number of halogens is 1. The van der Waals surface area contributed by atoms with Crippen molar-refractivity contribution in [2.45, 2.75) is 26.7 Å². The Bertz CT molecular complexity index is 219. The molecule has 0 aliphatic heterocycles. The van der Waals surface area contributed by atoms with Crippen molar-refractivity contribution in [1.29, 1.82) is 0 Å².